The Morgan fingerprint density at radius 3 is 2.72 bits per heavy atom. The van der Waals surface area contributed by atoms with E-state index in [1.807, 2.05) is 0 Å². The number of ketones is 1. The van der Waals surface area contributed by atoms with E-state index >= 15 is 0 Å². The highest BCUT2D eigenvalue weighted by molar-refractivity contribution is 7.92. The van der Waals surface area contributed by atoms with Crippen LogP contribution in [0.3, 0.4) is 0 Å². The standard InChI is InChI=1S/C17H16N2O5S/c1-25(22,23)19-8-6-12-9-13(4-5-15(12)19)16(20)11-24-17(21)14-3-2-7-18-10-14/h2-5,7,9-10H,6,8,11H2,1H3. The third-order valence-corrected chi connectivity index (χ3v) is 5.07. The number of ether oxygens (including phenoxy) is 1. The minimum atomic E-state index is -3.33. The number of hydrogen-bond acceptors (Lipinski definition) is 6. The second-order valence-electron chi connectivity index (χ2n) is 5.67. The quantitative estimate of drug-likeness (QED) is 0.592. The van der Waals surface area contributed by atoms with Crippen molar-refractivity contribution < 1.29 is 22.7 Å². The van der Waals surface area contributed by atoms with Crippen LogP contribution in [0.1, 0.15) is 26.3 Å². The number of anilines is 1. The van der Waals surface area contributed by atoms with Gasteiger partial charge in [-0.25, -0.2) is 13.2 Å². The van der Waals surface area contributed by atoms with Gasteiger partial charge in [0.15, 0.2) is 12.4 Å². The maximum absolute atomic E-state index is 12.2. The van der Waals surface area contributed by atoms with Gasteiger partial charge in [0.2, 0.25) is 10.0 Å². The van der Waals surface area contributed by atoms with Crippen LogP contribution in [0.2, 0.25) is 0 Å². The third kappa shape index (κ3) is 3.69. The van der Waals surface area contributed by atoms with Gasteiger partial charge in [-0.1, -0.05) is 0 Å². The summed E-state index contributed by atoms with van der Waals surface area (Å²) in [7, 11) is -3.33. The zero-order valence-corrected chi connectivity index (χ0v) is 14.3. The first-order valence-corrected chi connectivity index (χ1v) is 9.42. The molecule has 1 aliphatic rings. The maximum atomic E-state index is 12.2. The van der Waals surface area contributed by atoms with E-state index < -0.39 is 16.0 Å². The molecule has 0 spiro atoms. The molecule has 0 amide bonds. The van der Waals surface area contributed by atoms with E-state index in [1.54, 1.807) is 30.3 Å². The molecule has 0 radical (unpaired) electrons. The molecule has 3 rings (SSSR count). The Morgan fingerprint density at radius 1 is 1.24 bits per heavy atom. The number of carbonyl (C=O) groups is 2. The lowest BCUT2D eigenvalue weighted by molar-refractivity contribution is 0.0474. The maximum Gasteiger partial charge on any atom is 0.340 e. The number of Topliss-reactive ketones (excluding diaryl/α,β-unsaturated/α-hetero) is 1. The highest BCUT2D eigenvalue weighted by atomic mass is 32.2. The third-order valence-electron chi connectivity index (χ3n) is 3.89. The summed E-state index contributed by atoms with van der Waals surface area (Å²) in [6.45, 7) is -0.0237. The summed E-state index contributed by atoms with van der Waals surface area (Å²) in [6.07, 6.45) is 4.59. The monoisotopic (exact) mass is 360 g/mol. The van der Waals surface area contributed by atoms with Crippen LogP contribution in [0.15, 0.2) is 42.7 Å². The van der Waals surface area contributed by atoms with Crippen molar-refractivity contribution in [2.75, 3.05) is 23.7 Å². The largest absolute Gasteiger partial charge is 0.454 e. The molecule has 0 atom stereocenters. The summed E-state index contributed by atoms with van der Waals surface area (Å²) in [5.41, 5.74) is 2.03. The fourth-order valence-electron chi connectivity index (χ4n) is 2.67. The fraction of sp³-hybridized carbons (Fsp3) is 0.235. The normalized spacial score (nSPS) is 13.4. The van der Waals surface area contributed by atoms with Gasteiger partial charge in [-0.15, -0.1) is 0 Å². The smallest absolute Gasteiger partial charge is 0.340 e. The minimum Gasteiger partial charge on any atom is -0.454 e. The lowest BCUT2D eigenvalue weighted by Crippen LogP contribution is -2.27. The van der Waals surface area contributed by atoms with Crippen LogP contribution in [-0.4, -0.2) is 44.6 Å². The van der Waals surface area contributed by atoms with Crippen LogP contribution in [0.4, 0.5) is 5.69 Å². The van der Waals surface area contributed by atoms with Gasteiger partial charge < -0.3 is 4.74 Å². The first-order valence-electron chi connectivity index (χ1n) is 7.57. The number of pyridine rings is 1. The molecule has 7 nitrogen and oxygen atoms in total. The average molecular weight is 360 g/mol. The van der Waals surface area contributed by atoms with E-state index in [0.29, 0.717) is 24.2 Å². The predicted molar refractivity (Wildman–Crippen MR) is 91.2 cm³/mol. The summed E-state index contributed by atoms with van der Waals surface area (Å²) >= 11 is 0. The van der Waals surface area contributed by atoms with Crippen LogP contribution in [-0.2, 0) is 21.2 Å². The molecule has 25 heavy (non-hydrogen) atoms. The first-order chi connectivity index (χ1) is 11.9. The van der Waals surface area contributed by atoms with E-state index in [9.17, 15) is 18.0 Å². The van der Waals surface area contributed by atoms with E-state index in [2.05, 4.69) is 4.98 Å². The molecule has 0 saturated carbocycles. The molecule has 1 aromatic carbocycles. The SMILES string of the molecule is CS(=O)(=O)N1CCc2cc(C(=O)COC(=O)c3cccnc3)ccc21. The summed E-state index contributed by atoms with van der Waals surface area (Å²) in [5, 5.41) is 0. The van der Waals surface area contributed by atoms with Gasteiger partial charge in [-0.2, -0.15) is 0 Å². The number of fused-ring (bicyclic) bond motifs is 1. The average Bonchev–Trinajstić information content (AvgIpc) is 3.03. The molecule has 130 valence electrons. The van der Waals surface area contributed by atoms with Crippen LogP contribution < -0.4 is 4.31 Å². The molecule has 0 fully saturated rings. The van der Waals surface area contributed by atoms with Gasteiger partial charge in [-0.05, 0) is 42.3 Å². The van der Waals surface area contributed by atoms with Crippen molar-refractivity contribution in [1.82, 2.24) is 4.98 Å². The van der Waals surface area contributed by atoms with Gasteiger partial charge in [-0.3, -0.25) is 14.1 Å². The van der Waals surface area contributed by atoms with Crippen molar-refractivity contribution in [1.29, 1.82) is 0 Å². The first kappa shape index (κ1) is 17.1. The van der Waals surface area contributed by atoms with Crippen molar-refractivity contribution in [3.05, 3.63) is 59.4 Å². The Hall–Kier alpha value is -2.74. The molecule has 0 aliphatic carbocycles. The lowest BCUT2D eigenvalue weighted by atomic mass is 10.1. The molecule has 0 saturated heterocycles. The number of nitrogens with zero attached hydrogens (tertiary/aromatic N) is 2. The molecule has 1 aromatic heterocycles. The van der Waals surface area contributed by atoms with Gasteiger partial charge in [0.25, 0.3) is 0 Å². The number of rotatable bonds is 5. The molecule has 0 N–H and O–H groups in total. The Bertz CT molecular complexity index is 925. The van der Waals surface area contributed by atoms with Crippen molar-refractivity contribution in [3.63, 3.8) is 0 Å². The van der Waals surface area contributed by atoms with Crippen LogP contribution in [0.5, 0.6) is 0 Å². The van der Waals surface area contributed by atoms with Crippen LogP contribution in [0.25, 0.3) is 0 Å². The Kier molecular flexibility index (Phi) is 4.54. The van der Waals surface area contributed by atoms with Crippen molar-refractivity contribution in [2.24, 2.45) is 0 Å². The van der Waals surface area contributed by atoms with Gasteiger partial charge in [0, 0.05) is 24.5 Å². The Morgan fingerprint density at radius 2 is 2.04 bits per heavy atom. The highest BCUT2D eigenvalue weighted by Crippen LogP contribution is 2.30. The molecule has 1 aliphatic heterocycles. The molecular formula is C17H16N2O5S. The number of carbonyl (C=O) groups excluding carboxylic acids is 2. The number of hydrogen-bond donors (Lipinski definition) is 0. The molecule has 8 heteroatoms. The second kappa shape index (κ2) is 6.64. The summed E-state index contributed by atoms with van der Waals surface area (Å²) < 4.78 is 29.8. The zero-order chi connectivity index (χ0) is 18.0. The molecule has 2 heterocycles. The van der Waals surface area contributed by atoms with Crippen molar-refractivity contribution in [3.8, 4) is 0 Å². The molecule has 0 unspecified atom stereocenters. The summed E-state index contributed by atoms with van der Waals surface area (Å²) in [6, 6.07) is 7.96. The van der Waals surface area contributed by atoms with Gasteiger partial charge >= 0.3 is 5.97 Å². The van der Waals surface area contributed by atoms with E-state index in [0.717, 1.165) is 11.8 Å². The number of sulfonamides is 1. The summed E-state index contributed by atoms with van der Waals surface area (Å²) in [4.78, 5) is 27.9. The van der Waals surface area contributed by atoms with Crippen molar-refractivity contribution in [2.45, 2.75) is 6.42 Å². The predicted octanol–water partition coefficient (Wildman–Crippen LogP) is 1.44. The fourth-order valence-corrected chi connectivity index (χ4v) is 3.63. The molecular weight excluding hydrogens is 344 g/mol. The Labute approximate surface area is 145 Å². The van der Waals surface area contributed by atoms with E-state index in [1.165, 1.54) is 16.7 Å². The molecule has 0 bridgehead atoms. The van der Waals surface area contributed by atoms with Crippen LogP contribution in [0, 0.1) is 0 Å². The highest BCUT2D eigenvalue weighted by Gasteiger charge is 2.26. The Balaban J connectivity index is 1.69. The summed E-state index contributed by atoms with van der Waals surface area (Å²) in [5.74, 6) is -0.969. The van der Waals surface area contributed by atoms with E-state index in [4.69, 9.17) is 4.74 Å². The van der Waals surface area contributed by atoms with Crippen LogP contribution >= 0.6 is 0 Å². The van der Waals surface area contributed by atoms with Gasteiger partial charge in [0.1, 0.15) is 0 Å². The number of aromatic nitrogens is 1. The zero-order valence-electron chi connectivity index (χ0n) is 13.5. The van der Waals surface area contributed by atoms with Crippen molar-refractivity contribution >= 4 is 27.5 Å². The number of esters is 1. The molecule has 2 aromatic rings. The van der Waals surface area contributed by atoms with Gasteiger partial charge in [0.05, 0.1) is 17.5 Å². The number of benzene rings is 1. The topological polar surface area (TPSA) is 93.6 Å². The second-order valence-corrected chi connectivity index (χ2v) is 7.58. The lowest BCUT2D eigenvalue weighted by Gasteiger charge is -2.16. The van der Waals surface area contributed by atoms with E-state index in [-0.39, 0.29) is 18.0 Å². The minimum absolute atomic E-state index is 0.271.